The maximum absolute atomic E-state index is 11.3. The van der Waals surface area contributed by atoms with Crippen molar-refractivity contribution in [2.75, 3.05) is 6.54 Å². The van der Waals surface area contributed by atoms with Crippen LogP contribution in [0, 0.1) is 0 Å². The minimum Gasteiger partial charge on any atom is -0.353 e. The van der Waals surface area contributed by atoms with Crippen molar-refractivity contribution in [1.82, 2.24) is 16.0 Å². The predicted octanol–water partition coefficient (Wildman–Crippen LogP) is 0.507. The summed E-state index contributed by atoms with van der Waals surface area (Å²) < 4.78 is 0. The highest BCUT2D eigenvalue weighted by Gasteiger charge is 2.23. The maximum atomic E-state index is 11.3. The quantitative estimate of drug-likeness (QED) is 0.576. The van der Waals surface area contributed by atoms with Crippen LogP contribution in [0.15, 0.2) is 0 Å². The van der Waals surface area contributed by atoms with Crippen LogP contribution in [0.3, 0.4) is 0 Å². The van der Waals surface area contributed by atoms with Crippen molar-refractivity contribution in [3.05, 3.63) is 0 Å². The fourth-order valence-electron chi connectivity index (χ4n) is 1.44. The SMILES string of the molecule is O=C(CCCNC(=O)NC1CC1)NC1CC1. The van der Waals surface area contributed by atoms with Gasteiger partial charge in [0.1, 0.15) is 0 Å². The van der Waals surface area contributed by atoms with Gasteiger partial charge in [-0.25, -0.2) is 4.79 Å². The van der Waals surface area contributed by atoms with Crippen LogP contribution in [-0.4, -0.2) is 30.6 Å². The standard InChI is InChI=1S/C11H19N3O2/c15-10(13-8-3-4-8)2-1-7-12-11(16)14-9-5-6-9/h8-9H,1-7H2,(H,13,15)(H2,12,14,16). The Labute approximate surface area is 95.3 Å². The van der Waals surface area contributed by atoms with Gasteiger partial charge < -0.3 is 16.0 Å². The van der Waals surface area contributed by atoms with Crippen LogP contribution in [-0.2, 0) is 4.79 Å². The Morgan fingerprint density at radius 3 is 2.25 bits per heavy atom. The third-order valence-electron chi connectivity index (χ3n) is 2.72. The van der Waals surface area contributed by atoms with Gasteiger partial charge >= 0.3 is 6.03 Å². The van der Waals surface area contributed by atoms with E-state index in [2.05, 4.69) is 16.0 Å². The number of nitrogens with one attached hydrogen (secondary N) is 3. The molecule has 0 atom stereocenters. The second kappa shape index (κ2) is 5.18. The first-order valence-corrected chi connectivity index (χ1v) is 6.08. The molecule has 2 fully saturated rings. The maximum Gasteiger partial charge on any atom is 0.315 e. The van der Waals surface area contributed by atoms with Crippen molar-refractivity contribution in [2.24, 2.45) is 0 Å². The molecule has 0 saturated heterocycles. The Bertz CT molecular complexity index is 244. The van der Waals surface area contributed by atoms with Gasteiger partial charge in [0.15, 0.2) is 0 Å². The molecular formula is C11H19N3O2. The van der Waals surface area contributed by atoms with E-state index in [1.54, 1.807) is 0 Å². The highest BCUT2D eigenvalue weighted by atomic mass is 16.2. The molecule has 0 unspecified atom stereocenters. The summed E-state index contributed by atoms with van der Waals surface area (Å²) in [6, 6.07) is 0.710. The summed E-state index contributed by atoms with van der Waals surface area (Å²) >= 11 is 0. The Morgan fingerprint density at radius 2 is 1.62 bits per heavy atom. The van der Waals surface area contributed by atoms with Crippen LogP contribution in [0.5, 0.6) is 0 Å². The van der Waals surface area contributed by atoms with Crippen molar-refractivity contribution in [2.45, 2.75) is 50.6 Å². The van der Waals surface area contributed by atoms with Crippen molar-refractivity contribution in [3.63, 3.8) is 0 Å². The number of carbonyl (C=O) groups excluding carboxylic acids is 2. The molecule has 2 saturated carbocycles. The zero-order chi connectivity index (χ0) is 11.4. The molecule has 0 aromatic heterocycles. The molecule has 90 valence electrons. The molecular weight excluding hydrogens is 206 g/mol. The molecule has 5 heteroatoms. The number of hydrogen-bond donors (Lipinski definition) is 3. The van der Waals surface area contributed by atoms with E-state index in [1.165, 1.54) is 0 Å². The molecule has 16 heavy (non-hydrogen) atoms. The number of hydrogen-bond acceptors (Lipinski definition) is 2. The smallest absolute Gasteiger partial charge is 0.315 e. The molecule has 5 nitrogen and oxygen atoms in total. The van der Waals surface area contributed by atoms with E-state index < -0.39 is 0 Å². The summed E-state index contributed by atoms with van der Waals surface area (Å²) in [4.78, 5) is 22.5. The average molecular weight is 225 g/mol. The second-order valence-corrected chi connectivity index (χ2v) is 4.62. The zero-order valence-corrected chi connectivity index (χ0v) is 9.42. The number of amides is 3. The first-order chi connectivity index (χ1) is 7.74. The average Bonchev–Trinajstić information content (AvgIpc) is 3.08. The van der Waals surface area contributed by atoms with Gasteiger partial charge in [-0.3, -0.25) is 4.79 Å². The van der Waals surface area contributed by atoms with Gasteiger partial charge in [-0.15, -0.1) is 0 Å². The van der Waals surface area contributed by atoms with E-state index in [0.717, 1.165) is 25.7 Å². The summed E-state index contributed by atoms with van der Waals surface area (Å²) in [5, 5.41) is 8.50. The molecule has 0 radical (unpaired) electrons. The minimum absolute atomic E-state index is 0.104. The fourth-order valence-corrected chi connectivity index (χ4v) is 1.44. The zero-order valence-electron chi connectivity index (χ0n) is 9.42. The Hall–Kier alpha value is -1.26. The highest BCUT2D eigenvalue weighted by molar-refractivity contribution is 5.77. The molecule has 3 N–H and O–H groups in total. The van der Waals surface area contributed by atoms with Crippen molar-refractivity contribution in [1.29, 1.82) is 0 Å². The van der Waals surface area contributed by atoms with Crippen LogP contribution >= 0.6 is 0 Å². The largest absolute Gasteiger partial charge is 0.353 e. The van der Waals surface area contributed by atoms with E-state index in [-0.39, 0.29) is 11.9 Å². The molecule has 2 aliphatic carbocycles. The molecule has 3 amide bonds. The van der Waals surface area contributed by atoms with Crippen molar-refractivity contribution < 1.29 is 9.59 Å². The van der Waals surface area contributed by atoms with Gasteiger partial charge in [-0.05, 0) is 32.1 Å². The molecule has 0 aliphatic heterocycles. The summed E-state index contributed by atoms with van der Waals surface area (Å²) in [5.41, 5.74) is 0. The van der Waals surface area contributed by atoms with E-state index in [1.807, 2.05) is 0 Å². The van der Waals surface area contributed by atoms with Crippen LogP contribution in [0.4, 0.5) is 4.79 Å². The lowest BCUT2D eigenvalue weighted by atomic mass is 10.3. The Kier molecular flexibility index (Phi) is 3.64. The van der Waals surface area contributed by atoms with Gasteiger partial charge in [0.25, 0.3) is 0 Å². The molecule has 0 aromatic carbocycles. The van der Waals surface area contributed by atoms with Crippen LogP contribution in [0.2, 0.25) is 0 Å². The van der Waals surface area contributed by atoms with E-state index in [9.17, 15) is 9.59 Å². The molecule has 2 rings (SSSR count). The Morgan fingerprint density at radius 1 is 1.00 bits per heavy atom. The molecule has 0 aromatic rings. The normalized spacial score (nSPS) is 19.0. The van der Waals surface area contributed by atoms with Crippen LogP contribution in [0.25, 0.3) is 0 Å². The van der Waals surface area contributed by atoms with Crippen molar-refractivity contribution >= 4 is 11.9 Å². The predicted molar refractivity (Wildman–Crippen MR) is 60.0 cm³/mol. The lowest BCUT2D eigenvalue weighted by Crippen LogP contribution is -2.37. The number of rotatable bonds is 6. The third kappa shape index (κ3) is 4.51. The number of carbonyl (C=O) groups is 2. The highest BCUT2D eigenvalue weighted by Crippen LogP contribution is 2.19. The Balaban J connectivity index is 1.43. The summed E-state index contributed by atoms with van der Waals surface area (Å²) in [5.74, 6) is 0.104. The van der Waals surface area contributed by atoms with E-state index >= 15 is 0 Å². The summed E-state index contributed by atoms with van der Waals surface area (Å²) in [6.07, 6.45) is 5.63. The van der Waals surface area contributed by atoms with Gasteiger partial charge in [-0.1, -0.05) is 0 Å². The van der Waals surface area contributed by atoms with Crippen LogP contribution in [0.1, 0.15) is 38.5 Å². The number of urea groups is 1. The molecule has 2 aliphatic rings. The van der Waals surface area contributed by atoms with Gasteiger partial charge in [0.05, 0.1) is 0 Å². The molecule has 0 spiro atoms. The first-order valence-electron chi connectivity index (χ1n) is 6.08. The topological polar surface area (TPSA) is 70.2 Å². The lowest BCUT2D eigenvalue weighted by Gasteiger charge is -2.06. The van der Waals surface area contributed by atoms with Gasteiger partial charge in [0, 0.05) is 25.0 Å². The van der Waals surface area contributed by atoms with Gasteiger partial charge in [-0.2, -0.15) is 0 Å². The van der Waals surface area contributed by atoms with Gasteiger partial charge in [0.2, 0.25) is 5.91 Å². The van der Waals surface area contributed by atoms with Crippen LogP contribution < -0.4 is 16.0 Å². The minimum atomic E-state index is -0.106. The summed E-state index contributed by atoms with van der Waals surface area (Å²) in [7, 11) is 0. The second-order valence-electron chi connectivity index (χ2n) is 4.62. The fraction of sp³-hybridized carbons (Fsp3) is 0.818. The molecule has 0 bridgehead atoms. The lowest BCUT2D eigenvalue weighted by molar-refractivity contribution is -0.121. The van der Waals surface area contributed by atoms with E-state index in [0.29, 0.717) is 31.5 Å². The molecule has 0 heterocycles. The first kappa shape index (κ1) is 11.2. The monoisotopic (exact) mass is 225 g/mol. The van der Waals surface area contributed by atoms with Crippen molar-refractivity contribution in [3.8, 4) is 0 Å². The summed E-state index contributed by atoms with van der Waals surface area (Å²) in [6.45, 7) is 0.566. The van der Waals surface area contributed by atoms with E-state index in [4.69, 9.17) is 0 Å². The third-order valence-corrected chi connectivity index (χ3v) is 2.72.